The molecule has 0 aliphatic heterocycles. The maximum Gasteiger partial charge on any atom is 0.129 e. The zero-order valence-electron chi connectivity index (χ0n) is 7.21. The third kappa shape index (κ3) is 2.47. The average Bonchev–Trinajstić information content (AvgIpc) is 1.96. The summed E-state index contributed by atoms with van der Waals surface area (Å²) in [6, 6.07) is 3.66. The van der Waals surface area contributed by atoms with Crippen LogP contribution in [-0.4, -0.2) is 16.2 Å². The van der Waals surface area contributed by atoms with Crippen LogP contribution in [0.1, 0.15) is 18.2 Å². The molecule has 1 aromatic rings. The van der Waals surface area contributed by atoms with Crippen LogP contribution < -0.4 is 0 Å². The first-order valence-corrected chi connectivity index (χ1v) is 4.27. The second-order valence-electron chi connectivity index (χ2n) is 2.95. The fourth-order valence-electron chi connectivity index (χ4n) is 1.03. The maximum atomic E-state index is 9.14. The number of aryl methyl sites for hydroxylation is 1. The molecule has 3 heteroatoms. The lowest BCUT2D eigenvalue weighted by atomic mass is 10.1. The summed E-state index contributed by atoms with van der Waals surface area (Å²) in [5, 5.41) is 9.62. The normalized spacial score (nSPS) is 13.0. The number of aliphatic hydroxyl groups excluding tert-OH is 1. The zero-order valence-corrected chi connectivity index (χ0v) is 7.97. The van der Waals surface area contributed by atoms with Crippen molar-refractivity contribution in [3.8, 4) is 0 Å². The number of pyridine rings is 1. The first-order valence-electron chi connectivity index (χ1n) is 3.89. The molecule has 1 unspecified atom stereocenters. The molecule has 0 spiro atoms. The monoisotopic (exact) mass is 185 g/mol. The Hall–Kier alpha value is -0.600. The topological polar surface area (TPSA) is 33.1 Å². The van der Waals surface area contributed by atoms with Gasteiger partial charge in [-0.05, 0) is 25.5 Å². The largest absolute Gasteiger partial charge is 0.393 e. The molecule has 66 valence electrons. The van der Waals surface area contributed by atoms with E-state index in [0.717, 1.165) is 11.3 Å². The number of nitrogens with zero attached hydrogens (tertiary/aromatic N) is 1. The van der Waals surface area contributed by atoms with E-state index in [1.54, 1.807) is 13.0 Å². The molecule has 0 saturated heterocycles. The van der Waals surface area contributed by atoms with Crippen LogP contribution in [0.25, 0.3) is 0 Å². The number of rotatable bonds is 2. The van der Waals surface area contributed by atoms with Crippen LogP contribution in [0.2, 0.25) is 5.15 Å². The van der Waals surface area contributed by atoms with Crippen LogP contribution in [0.3, 0.4) is 0 Å². The van der Waals surface area contributed by atoms with Crippen LogP contribution >= 0.6 is 11.6 Å². The summed E-state index contributed by atoms with van der Waals surface area (Å²) in [6.45, 7) is 3.70. The minimum Gasteiger partial charge on any atom is -0.393 e. The molecule has 1 aromatic heterocycles. The second-order valence-corrected chi connectivity index (χ2v) is 3.34. The van der Waals surface area contributed by atoms with Gasteiger partial charge in [-0.2, -0.15) is 0 Å². The minimum atomic E-state index is -0.366. The predicted molar refractivity (Wildman–Crippen MR) is 49.4 cm³/mol. The van der Waals surface area contributed by atoms with E-state index < -0.39 is 0 Å². The molecule has 0 radical (unpaired) electrons. The van der Waals surface area contributed by atoms with Crippen molar-refractivity contribution in [3.05, 3.63) is 28.5 Å². The molecule has 2 nitrogen and oxygen atoms in total. The number of aromatic nitrogens is 1. The van der Waals surface area contributed by atoms with Crippen LogP contribution in [-0.2, 0) is 6.42 Å². The second kappa shape index (κ2) is 3.87. The number of halogens is 1. The van der Waals surface area contributed by atoms with Gasteiger partial charge in [0, 0.05) is 12.1 Å². The van der Waals surface area contributed by atoms with E-state index in [4.69, 9.17) is 16.7 Å². The van der Waals surface area contributed by atoms with Gasteiger partial charge in [-0.15, -0.1) is 0 Å². The lowest BCUT2D eigenvalue weighted by Gasteiger charge is -2.06. The van der Waals surface area contributed by atoms with Crippen molar-refractivity contribution in [1.29, 1.82) is 0 Å². The van der Waals surface area contributed by atoms with E-state index in [2.05, 4.69) is 4.98 Å². The first-order chi connectivity index (χ1) is 5.59. The zero-order chi connectivity index (χ0) is 9.14. The van der Waals surface area contributed by atoms with Gasteiger partial charge in [0.1, 0.15) is 5.15 Å². The predicted octanol–water partition coefficient (Wildman–Crippen LogP) is 1.97. The number of aliphatic hydroxyl groups is 1. The number of hydrogen-bond acceptors (Lipinski definition) is 2. The molecule has 0 aliphatic rings. The van der Waals surface area contributed by atoms with Crippen LogP contribution in [0.15, 0.2) is 12.1 Å². The molecule has 0 fully saturated rings. The lowest BCUT2D eigenvalue weighted by Crippen LogP contribution is -2.07. The highest BCUT2D eigenvalue weighted by atomic mass is 35.5. The van der Waals surface area contributed by atoms with E-state index in [9.17, 15) is 0 Å². The van der Waals surface area contributed by atoms with Gasteiger partial charge in [0.25, 0.3) is 0 Å². The Balaban J connectivity index is 2.90. The SMILES string of the molecule is Cc1ccc(Cl)nc1CC(C)O. The molecule has 1 rings (SSSR count). The van der Waals surface area contributed by atoms with E-state index in [0.29, 0.717) is 11.6 Å². The average molecular weight is 186 g/mol. The minimum absolute atomic E-state index is 0.366. The summed E-state index contributed by atoms with van der Waals surface area (Å²) in [7, 11) is 0. The molecule has 1 atom stereocenters. The smallest absolute Gasteiger partial charge is 0.129 e. The van der Waals surface area contributed by atoms with E-state index in [1.165, 1.54) is 0 Å². The molecule has 0 saturated carbocycles. The van der Waals surface area contributed by atoms with Gasteiger partial charge in [-0.1, -0.05) is 17.7 Å². The molecule has 0 aliphatic carbocycles. The first kappa shape index (κ1) is 9.49. The van der Waals surface area contributed by atoms with Gasteiger partial charge in [0.05, 0.1) is 6.10 Å². The summed E-state index contributed by atoms with van der Waals surface area (Å²) in [5.74, 6) is 0. The van der Waals surface area contributed by atoms with Crippen molar-refractivity contribution in [3.63, 3.8) is 0 Å². The van der Waals surface area contributed by atoms with Gasteiger partial charge >= 0.3 is 0 Å². The Morgan fingerprint density at radius 2 is 2.25 bits per heavy atom. The standard InChI is InChI=1S/C9H12ClNO/c1-6-3-4-9(10)11-8(6)5-7(2)12/h3-4,7,12H,5H2,1-2H3. The van der Waals surface area contributed by atoms with Crippen LogP contribution in [0.4, 0.5) is 0 Å². The third-order valence-electron chi connectivity index (χ3n) is 1.66. The Labute approximate surface area is 77.2 Å². The summed E-state index contributed by atoms with van der Waals surface area (Å²) in [6.07, 6.45) is 0.196. The fourth-order valence-corrected chi connectivity index (χ4v) is 1.20. The Bertz CT molecular complexity index is 273. The summed E-state index contributed by atoms with van der Waals surface area (Å²) < 4.78 is 0. The van der Waals surface area contributed by atoms with E-state index >= 15 is 0 Å². The van der Waals surface area contributed by atoms with Crippen molar-refractivity contribution >= 4 is 11.6 Å². The quantitative estimate of drug-likeness (QED) is 0.715. The molecule has 0 bridgehead atoms. The highest BCUT2D eigenvalue weighted by Crippen LogP contribution is 2.12. The summed E-state index contributed by atoms with van der Waals surface area (Å²) in [4.78, 5) is 4.12. The van der Waals surface area contributed by atoms with Crippen molar-refractivity contribution in [1.82, 2.24) is 4.98 Å². The van der Waals surface area contributed by atoms with E-state index in [-0.39, 0.29) is 6.10 Å². The maximum absolute atomic E-state index is 9.14. The fraction of sp³-hybridized carbons (Fsp3) is 0.444. The Kier molecular flexibility index (Phi) is 3.06. The highest BCUT2D eigenvalue weighted by Gasteiger charge is 2.04. The summed E-state index contributed by atoms with van der Waals surface area (Å²) in [5.41, 5.74) is 1.94. The van der Waals surface area contributed by atoms with Crippen molar-refractivity contribution in [2.45, 2.75) is 26.4 Å². The van der Waals surface area contributed by atoms with Gasteiger partial charge in [0.2, 0.25) is 0 Å². The molecular formula is C9H12ClNO. The third-order valence-corrected chi connectivity index (χ3v) is 1.87. The highest BCUT2D eigenvalue weighted by molar-refractivity contribution is 6.29. The summed E-state index contributed by atoms with van der Waals surface area (Å²) >= 11 is 5.71. The van der Waals surface area contributed by atoms with Crippen LogP contribution in [0, 0.1) is 6.92 Å². The van der Waals surface area contributed by atoms with Crippen molar-refractivity contribution in [2.24, 2.45) is 0 Å². The molecule has 1 heterocycles. The van der Waals surface area contributed by atoms with Gasteiger partial charge in [-0.25, -0.2) is 4.98 Å². The number of hydrogen-bond donors (Lipinski definition) is 1. The molecule has 1 N–H and O–H groups in total. The Morgan fingerprint density at radius 1 is 1.58 bits per heavy atom. The van der Waals surface area contributed by atoms with Crippen molar-refractivity contribution in [2.75, 3.05) is 0 Å². The van der Waals surface area contributed by atoms with Crippen molar-refractivity contribution < 1.29 is 5.11 Å². The van der Waals surface area contributed by atoms with Gasteiger partial charge in [-0.3, -0.25) is 0 Å². The molecule has 12 heavy (non-hydrogen) atoms. The molecule has 0 aromatic carbocycles. The van der Waals surface area contributed by atoms with Gasteiger partial charge in [0.15, 0.2) is 0 Å². The van der Waals surface area contributed by atoms with E-state index in [1.807, 2.05) is 13.0 Å². The van der Waals surface area contributed by atoms with Crippen LogP contribution in [0.5, 0.6) is 0 Å². The van der Waals surface area contributed by atoms with Gasteiger partial charge < -0.3 is 5.11 Å². The lowest BCUT2D eigenvalue weighted by molar-refractivity contribution is 0.194. The molecule has 0 amide bonds. The molecular weight excluding hydrogens is 174 g/mol. The Morgan fingerprint density at radius 3 is 2.83 bits per heavy atom.